The second-order valence-electron chi connectivity index (χ2n) is 10.1. The van der Waals surface area contributed by atoms with Crippen LogP contribution in [0.3, 0.4) is 0 Å². The fourth-order valence-corrected chi connectivity index (χ4v) is 5.15. The molecule has 0 radical (unpaired) electrons. The van der Waals surface area contributed by atoms with Gasteiger partial charge in [-0.15, -0.1) is 0 Å². The van der Waals surface area contributed by atoms with E-state index < -0.39 is 11.9 Å². The lowest BCUT2D eigenvalue weighted by molar-refractivity contribution is -0.117. The van der Waals surface area contributed by atoms with Crippen molar-refractivity contribution in [2.24, 2.45) is 5.92 Å². The number of amides is 1. The summed E-state index contributed by atoms with van der Waals surface area (Å²) < 4.78 is 21.3. The van der Waals surface area contributed by atoms with E-state index in [1.165, 1.54) is 11.2 Å². The fourth-order valence-electron chi connectivity index (χ4n) is 5.15. The number of hydrogen-bond donors (Lipinski definition) is 1. The Labute approximate surface area is 240 Å². The van der Waals surface area contributed by atoms with Crippen LogP contribution < -0.4 is 23.8 Å². The minimum atomic E-state index is -0.810. The van der Waals surface area contributed by atoms with Crippen molar-refractivity contribution in [3.8, 4) is 34.3 Å². The number of rotatable bonds is 4. The number of aromatic nitrogens is 2. The summed E-state index contributed by atoms with van der Waals surface area (Å²) in [5.74, 6) is 1.69. The third kappa shape index (κ3) is 4.66. The van der Waals surface area contributed by atoms with Crippen LogP contribution in [0.2, 0.25) is 0 Å². The van der Waals surface area contributed by atoms with Crippen LogP contribution in [-0.4, -0.2) is 40.4 Å². The van der Waals surface area contributed by atoms with Gasteiger partial charge in [-0.2, -0.15) is 0 Å². The van der Waals surface area contributed by atoms with E-state index in [9.17, 15) is 14.7 Å². The Morgan fingerprint density at radius 3 is 2.19 bits per heavy atom. The molecule has 1 aliphatic carbocycles. The topological polar surface area (TPSA) is 120 Å². The predicted molar refractivity (Wildman–Crippen MR) is 150 cm³/mol. The van der Waals surface area contributed by atoms with E-state index in [4.69, 9.17) is 18.9 Å². The monoisotopic (exact) mass is 563 g/mol. The Bertz CT molecular complexity index is 1700. The van der Waals surface area contributed by atoms with Crippen LogP contribution in [0, 0.1) is 5.92 Å². The number of Topliss-reactive ketones (excluding diaryl/α,β-unsaturated/α-hetero) is 1. The lowest BCUT2D eigenvalue weighted by atomic mass is 10.00. The molecule has 4 aromatic rings. The minimum absolute atomic E-state index is 0.0748. The minimum Gasteiger partial charge on any atom is -0.511 e. The molecule has 0 bridgehead atoms. The summed E-state index contributed by atoms with van der Waals surface area (Å²) in [5, 5.41) is 10.5. The number of allylic oxidation sites excluding steroid dienone is 1. The highest BCUT2D eigenvalue weighted by atomic mass is 16.7. The van der Waals surface area contributed by atoms with Crippen LogP contribution in [-0.2, 0) is 9.59 Å². The van der Waals surface area contributed by atoms with Gasteiger partial charge in [-0.25, -0.2) is 9.97 Å². The van der Waals surface area contributed by atoms with E-state index in [2.05, 4.69) is 9.97 Å². The maximum absolute atomic E-state index is 13.2. The first-order valence-corrected chi connectivity index (χ1v) is 13.5. The van der Waals surface area contributed by atoms with Gasteiger partial charge in [0.1, 0.15) is 23.7 Å². The van der Waals surface area contributed by atoms with E-state index in [1.807, 2.05) is 54.6 Å². The lowest BCUT2D eigenvalue weighted by Crippen LogP contribution is -2.29. The van der Waals surface area contributed by atoms with Gasteiger partial charge in [0.05, 0.1) is 5.69 Å². The molecular weight excluding hydrogens is 538 g/mol. The van der Waals surface area contributed by atoms with Gasteiger partial charge in [-0.05, 0) is 54.8 Å². The van der Waals surface area contributed by atoms with Crippen molar-refractivity contribution in [3.05, 3.63) is 102 Å². The maximum Gasteiger partial charge on any atom is 0.266 e. The van der Waals surface area contributed by atoms with Crippen molar-refractivity contribution in [1.29, 1.82) is 0 Å². The zero-order valence-corrected chi connectivity index (χ0v) is 22.3. The van der Waals surface area contributed by atoms with Gasteiger partial charge in [0.15, 0.2) is 28.8 Å². The normalized spacial score (nSPS) is 19.4. The van der Waals surface area contributed by atoms with E-state index in [1.54, 1.807) is 24.4 Å². The molecule has 4 aliphatic rings. The number of ketones is 1. The van der Waals surface area contributed by atoms with Crippen molar-refractivity contribution in [3.63, 3.8) is 0 Å². The van der Waals surface area contributed by atoms with Crippen molar-refractivity contribution >= 4 is 17.4 Å². The molecule has 8 rings (SSSR count). The van der Waals surface area contributed by atoms with Gasteiger partial charge in [0.2, 0.25) is 13.6 Å². The number of aliphatic hydroxyl groups excluding tert-OH is 1. The SMILES string of the molecule is O=C1C(=C(O)C2CC2)C(=O)N(c2ccc3c(c2)OCO3)C1c1ccccc1.c1cc(-c2ccc3c(c2)OCO3)ncn1. The van der Waals surface area contributed by atoms with Crippen LogP contribution in [0.1, 0.15) is 24.4 Å². The zero-order chi connectivity index (χ0) is 28.6. The lowest BCUT2D eigenvalue weighted by Gasteiger charge is -2.23. The average molecular weight is 564 g/mol. The van der Waals surface area contributed by atoms with Crippen molar-refractivity contribution in [1.82, 2.24) is 9.97 Å². The van der Waals surface area contributed by atoms with Crippen LogP contribution in [0.4, 0.5) is 5.69 Å². The Morgan fingerprint density at radius 1 is 0.810 bits per heavy atom. The first kappa shape index (κ1) is 25.6. The molecule has 210 valence electrons. The van der Waals surface area contributed by atoms with Gasteiger partial charge < -0.3 is 24.1 Å². The molecule has 1 aromatic heterocycles. The molecule has 2 fully saturated rings. The number of fused-ring (bicyclic) bond motifs is 2. The van der Waals surface area contributed by atoms with Crippen LogP contribution in [0.25, 0.3) is 11.3 Å². The smallest absolute Gasteiger partial charge is 0.266 e. The Hall–Kier alpha value is -5.38. The largest absolute Gasteiger partial charge is 0.511 e. The number of aliphatic hydroxyl groups is 1. The molecule has 4 heterocycles. The van der Waals surface area contributed by atoms with Crippen molar-refractivity contribution in [2.75, 3.05) is 18.5 Å². The molecule has 1 saturated heterocycles. The van der Waals surface area contributed by atoms with E-state index >= 15 is 0 Å². The Kier molecular flexibility index (Phi) is 6.42. The fraction of sp³-hybridized carbons (Fsp3) is 0.188. The first-order chi connectivity index (χ1) is 20.6. The number of carbonyl (C=O) groups excluding carboxylic acids is 2. The van der Waals surface area contributed by atoms with Gasteiger partial charge in [0.25, 0.3) is 5.91 Å². The highest BCUT2D eigenvalue weighted by Crippen LogP contribution is 2.45. The van der Waals surface area contributed by atoms with Crippen LogP contribution >= 0.6 is 0 Å². The average Bonchev–Trinajstić information content (AvgIpc) is 3.48. The van der Waals surface area contributed by atoms with E-state index in [0.29, 0.717) is 29.5 Å². The molecule has 1 amide bonds. The third-order valence-electron chi connectivity index (χ3n) is 7.41. The number of hydrogen-bond acceptors (Lipinski definition) is 9. The van der Waals surface area contributed by atoms with Gasteiger partial charge in [0, 0.05) is 29.4 Å². The molecule has 10 nitrogen and oxygen atoms in total. The molecule has 1 saturated carbocycles. The first-order valence-electron chi connectivity index (χ1n) is 13.5. The molecular formula is C32H25N3O7. The number of anilines is 1. The summed E-state index contributed by atoms with van der Waals surface area (Å²) in [5.41, 5.74) is 3.02. The number of carbonyl (C=O) groups is 2. The molecule has 10 heteroatoms. The molecule has 3 aliphatic heterocycles. The molecule has 3 aromatic carbocycles. The van der Waals surface area contributed by atoms with Gasteiger partial charge in [-0.1, -0.05) is 30.3 Å². The molecule has 42 heavy (non-hydrogen) atoms. The highest BCUT2D eigenvalue weighted by molar-refractivity contribution is 6.33. The second kappa shape index (κ2) is 10.5. The summed E-state index contributed by atoms with van der Waals surface area (Å²) in [7, 11) is 0. The maximum atomic E-state index is 13.2. The summed E-state index contributed by atoms with van der Waals surface area (Å²) in [4.78, 5) is 35.8. The predicted octanol–water partition coefficient (Wildman–Crippen LogP) is 5.17. The number of ether oxygens (including phenoxy) is 4. The van der Waals surface area contributed by atoms with Crippen LogP contribution in [0.15, 0.2) is 96.7 Å². The molecule has 0 spiro atoms. The summed E-state index contributed by atoms with van der Waals surface area (Å²) in [6, 6.07) is 21.1. The molecule has 1 N–H and O–H groups in total. The summed E-state index contributed by atoms with van der Waals surface area (Å²) >= 11 is 0. The summed E-state index contributed by atoms with van der Waals surface area (Å²) in [6.07, 6.45) is 4.85. The van der Waals surface area contributed by atoms with Crippen molar-refractivity contribution in [2.45, 2.75) is 18.9 Å². The molecule has 1 atom stereocenters. The van der Waals surface area contributed by atoms with Gasteiger partial charge >= 0.3 is 0 Å². The van der Waals surface area contributed by atoms with E-state index in [-0.39, 0.29) is 29.8 Å². The number of nitrogens with zero attached hydrogens (tertiary/aromatic N) is 3. The Morgan fingerprint density at radius 2 is 1.50 bits per heavy atom. The Balaban J connectivity index is 0.000000162. The molecule has 1 unspecified atom stereocenters. The van der Waals surface area contributed by atoms with Gasteiger partial charge in [-0.3, -0.25) is 14.5 Å². The van der Waals surface area contributed by atoms with Crippen molar-refractivity contribution < 1.29 is 33.6 Å². The quantitative estimate of drug-likeness (QED) is 0.204. The standard InChI is InChI=1S/C21H17NO5.C11H8N2O2/c23-19(13-6-7-13)17-20(24)18(12-4-2-1-3-5-12)22(21(17)25)14-8-9-15-16(10-14)27-11-26-15;1-2-10-11(15-7-14-10)5-8(1)9-3-4-12-6-13-9/h1-5,8-10,13,18,23H,6-7,11H2;1-6H,7H2. The zero-order valence-electron chi connectivity index (χ0n) is 22.3. The van der Waals surface area contributed by atoms with Crippen LogP contribution in [0.5, 0.6) is 23.0 Å². The van der Waals surface area contributed by atoms with E-state index in [0.717, 1.165) is 35.6 Å². The summed E-state index contributed by atoms with van der Waals surface area (Å²) in [6.45, 7) is 0.421. The highest BCUT2D eigenvalue weighted by Gasteiger charge is 2.48. The second-order valence-corrected chi connectivity index (χ2v) is 10.1. The third-order valence-corrected chi connectivity index (χ3v) is 7.41. The number of benzene rings is 3.